The molecule has 0 radical (unpaired) electrons. The van der Waals surface area contributed by atoms with Gasteiger partial charge in [0.15, 0.2) is 0 Å². The number of nitriles is 2. The molecule has 5 nitrogen and oxygen atoms in total. The van der Waals surface area contributed by atoms with E-state index in [1.807, 2.05) is 25.1 Å². The van der Waals surface area contributed by atoms with Crippen LogP contribution in [0.4, 0.5) is 0 Å². The van der Waals surface area contributed by atoms with E-state index in [2.05, 4.69) is 10.2 Å². The Morgan fingerprint density at radius 2 is 1.75 bits per heavy atom. The molecule has 0 unspecified atom stereocenters. The van der Waals surface area contributed by atoms with Crippen LogP contribution in [0.15, 0.2) is 24.3 Å². The molecule has 0 aliphatic carbocycles. The van der Waals surface area contributed by atoms with E-state index in [9.17, 15) is 10.4 Å². The molecule has 0 spiro atoms. The lowest BCUT2D eigenvalue weighted by Crippen LogP contribution is -1.94. The first kappa shape index (κ1) is 11.9. The van der Waals surface area contributed by atoms with Crippen molar-refractivity contribution in [1.82, 2.24) is 10.2 Å². The van der Waals surface area contributed by atoms with E-state index >= 15 is 0 Å². The normalized spacial score (nSPS) is 10.3. The number of benzene rings is 2. The van der Waals surface area contributed by atoms with E-state index in [0.29, 0.717) is 21.8 Å². The van der Waals surface area contributed by atoms with Gasteiger partial charge in [-0.25, -0.2) is 0 Å². The van der Waals surface area contributed by atoms with E-state index in [4.69, 9.17) is 5.26 Å². The highest BCUT2D eigenvalue weighted by molar-refractivity contribution is 6.07. The number of aromatic hydroxyl groups is 1. The van der Waals surface area contributed by atoms with E-state index in [0.717, 1.165) is 5.56 Å². The molecule has 1 aromatic heterocycles. The van der Waals surface area contributed by atoms with Gasteiger partial charge in [-0.2, -0.15) is 10.5 Å². The summed E-state index contributed by atoms with van der Waals surface area (Å²) in [5.74, 6) is 0.0530. The Bertz CT molecular complexity index is 948. The molecule has 1 N–H and O–H groups in total. The van der Waals surface area contributed by atoms with Gasteiger partial charge in [-0.3, -0.25) is 0 Å². The predicted molar refractivity (Wildman–Crippen MR) is 72.9 cm³/mol. The van der Waals surface area contributed by atoms with Gasteiger partial charge in [0, 0.05) is 10.8 Å². The lowest BCUT2D eigenvalue weighted by Gasteiger charge is -2.06. The van der Waals surface area contributed by atoms with Crippen LogP contribution in [-0.4, -0.2) is 15.3 Å². The van der Waals surface area contributed by atoms with Gasteiger partial charge < -0.3 is 5.11 Å². The third kappa shape index (κ3) is 1.54. The number of fused-ring (bicyclic) bond motifs is 3. The molecule has 3 aromatic rings. The summed E-state index contributed by atoms with van der Waals surface area (Å²) in [5, 5.41) is 37.5. The molecular weight excluding hydrogens is 252 g/mol. The van der Waals surface area contributed by atoms with Crippen LogP contribution in [0.5, 0.6) is 5.75 Å². The molecule has 0 saturated carbocycles. The molecule has 0 amide bonds. The zero-order valence-corrected chi connectivity index (χ0v) is 10.5. The molecule has 0 saturated heterocycles. The van der Waals surface area contributed by atoms with Crippen molar-refractivity contribution in [1.29, 1.82) is 10.5 Å². The van der Waals surface area contributed by atoms with Crippen molar-refractivity contribution in [3.8, 4) is 17.9 Å². The number of aromatic nitrogens is 2. The predicted octanol–water partition coefficient (Wildman–Crippen LogP) is 2.54. The molecular formula is C15H8N4O. The second kappa shape index (κ2) is 4.18. The Morgan fingerprint density at radius 3 is 2.45 bits per heavy atom. The second-order valence-electron chi connectivity index (χ2n) is 4.49. The topological polar surface area (TPSA) is 93.6 Å². The Morgan fingerprint density at radius 1 is 1.00 bits per heavy atom. The van der Waals surface area contributed by atoms with Crippen LogP contribution in [0.2, 0.25) is 0 Å². The zero-order chi connectivity index (χ0) is 14.3. The van der Waals surface area contributed by atoms with Gasteiger partial charge in [0.05, 0.1) is 11.1 Å². The van der Waals surface area contributed by atoms with Crippen LogP contribution in [0.3, 0.4) is 0 Å². The third-order valence-corrected chi connectivity index (χ3v) is 3.18. The number of rotatable bonds is 0. The summed E-state index contributed by atoms with van der Waals surface area (Å²) in [4.78, 5) is 0. The fourth-order valence-electron chi connectivity index (χ4n) is 2.29. The number of phenols is 1. The third-order valence-electron chi connectivity index (χ3n) is 3.18. The minimum absolute atomic E-state index is 0.0530. The largest absolute Gasteiger partial charge is 0.506 e. The Kier molecular flexibility index (Phi) is 2.49. The monoisotopic (exact) mass is 260 g/mol. The summed E-state index contributed by atoms with van der Waals surface area (Å²) in [5.41, 5.74) is 2.12. The highest BCUT2D eigenvalue weighted by Gasteiger charge is 2.13. The Labute approximate surface area is 114 Å². The van der Waals surface area contributed by atoms with Gasteiger partial charge in [-0.1, -0.05) is 6.07 Å². The van der Waals surface area contributed by atoms with Crippen LogP contribution < -0.4 is 0 Å². The minimum atomic E-state index is 0.0530. The molecule has 20 heavy (non-hydrogen) atoms. The fraction of sp³-hybridized carbons (Fsp3) is 0.0667. The number of hydrogen-bond acceptors (Lipinski definition) is 5. The fourth-order valence-corrected chi connectivity index (χ4v) is 2.29. The van der Waals surface area contributed by atoms with E-state index in [-0.39, 0.29) is 16.9 Å². The first-order chi connectivity index (χ1) is 9.65. The summed E-state index contributed by atoms with van der Waals surface area (Å²) in [6, 6.07) is 10.8. The molecule has 0 atom stereocenters. The maximum atomic E-state index is 9.92. The van der Waals surface area contributed by atoms with Crippen molar-refractivity contribution in [3.05, 3.63) is 41.0 Å². The lowest BCUT2D eigenvalue weighted by atomic mass is 10.0. The second-order valence-corrected chi connectivity index (χ2v) is 4.49. The van der Waals surface area contributed by atoms with Crippen LogP contribution in [0, 0.1) is 29.6 Å². The Hall–Kier alpha value is -3.18. The molecule has 94 valence electrons. The number of hydrogen-bond donors (Lipinski definition) is 1. The molecule has 3 rings (SSSR count). The van der Waals surface area contributed by atoms with Gasteiger partial charge in [0.25, 0.3) is 0 Å². The highest BCUT2D eigenvalue weighted by atomic mass is 16.3. The lowest BCUT2D eigenvalue weighted by molar-refractivity contribution is 0.479. The van der Waals surface area contributed by atoms with Gasteiger partial charge in [-0.15, -0.1) is 10.2 Å². The minimum Gasteiger partial charge on any atom is -0.506 e. The first-order valence-electron chi connectivity index (χ1n) is 5.88. The Balaban J connectivity index is 2.58. The van der Waals surface area contributed by atoms with E-state index < -0.39 is 0 Å². The van der Waals surface area contributed by atoms with Gasteiger partial charge in [0.2, 0.25) is 0 Å². The van der Waals surface area contributed by atoms with Crippen molar-refractivity contribution in [3.63, 3.8) is 0 Å². The summed E-state index contributed by atoms with van der Waals surface area (Å²) >= 11 is 0. The molecule has 0 aliphatic rings. The zero-order valence-electron chi connectivity index (χ0n) is 10.5. The number of nitrogens with zero attached hydrogens (tertiary/aromatic N) is 4. The van der Waals surface area contributed by atoms with Crippen molar-refractivity contribution >= 4 is 21.8 Å². The van der Waals surface area contributed by atoms with Crippen molar-refractivity contribution in [2.75, 3.05) is 0 Å². The molecule has 1 heterocycles. The maximum absolute atomic E-state index is 9.92. The molecule has 0 aliphatic heterocycles. The summed E-state index contributed by atoms with van der Waals surface area (Å²) < 4.78 is 0. The van der Waals surface area contributed by atoms with Crippen LogP contribution >= 0.6 is 0 Å². The van der Waals surface area contributed by atoms with Gasteiger partial charge in [-0.05, 0) is 30.7 Å². The van der Waals surface area contributed by atoms with E-state index in [1.54, 1.807) is 18.2 Å². The smallest absolute Gasteiger partial charge is 0.143 e. The van der Waals surface area contributed by atoms with E-state index in [1.165, 1.54) is 0 Å². The number of phenolic OH excluding ortho intramolecular Hbond substituents is 1. The maximum Gasteiger partial charge on any atom is 0.143 e. The summed E-state index contributed by atoms with van der Waals surface area (Å²) in [7, 11) is 0. The van der Waals surface area contributed by atoms with Crippen molar-refractivity contribution < 1.29 is 5.11 Å². The SMILES string of the molecule is Cc1cc(O)c2nnc3c(C#N)c(C#N)ccc3c2c1. The molecule has 5 heteroatoms. The average molecular weight is 260 g/mol. The molecule has 0 fully saturated rings. The average Bonchev–Trinajstić information content (AvgIpc) is 2.45. The van der Waals surface area contributed by atoms with Gasteiger partial charge >= 0.3 is 0 Å². The van der Waals surface area contributed by atoms with Crippen LogP contribution in [0.1, 0.15) is 16.7 Å². The van der Waals surface area contributed by atoms with Crippen LogP contribution in [-0.2, 0) is 0 Å². The first-order valence-corrected chi connectivity index (χ1v) is 5.88. The highest BCUT2D eigenvalue weighted by Crippen LogP contribution is 2.31. The summed E-state index contributed by atoms with van der Waals surface area (Å²) in [6.07, 6.45) is 0. The van der Waals surface area contributed by atoms with Crippen molar-refractivity contribution in [2.45, 2.75) is 6.92 Å². The quantitative estimate of drug-likeness (QED) is 0.627. The van der Waals surface area contributed by atoms with Gasteiger partial charge in [0.1, 0.15) is 28.9 Å². The van der Waals surface area contributed by atoms with Crippen LogP contribution in [0.25, 0.3) is 21.8 Å². The summed E-state index contributed by atoms with van der Waals surface area (Å²) in [6.45, 7) is 1.86. The molecule has 2 aromatic carbocycles. The standard InChI is InChI=1S/C15H8N4O/c1-8-4-11-10-3-2-9(6-16)12(7-17)14(10)18-19-15(11)13(20)5-8/h2-5,20H,1H3. The van der Waals surface area contributed by atoms with Crippen molar-refractivity contribution in [2.24, 2.45) is 0 Å². The molecule has 0 bridgehead atoms. The number of aryl methyl sites for hydroxylation is 1.